The first kappa shape index (κ1) is 14.8. The van der Waals surface area contributed by atoms with Crippen molar-refractivity contribution in [3.8, 4) is 12.1 Å². The van der Waals surface area contributed by atoms with Gasteiger partial charge in [-0.25, -0.2) is 4.98 Å². The Kier molecular flexibility index (Phi) is 4.12. The number of pyridine rings is 1. The lowest BCUT2D eigenvalue weighted by Crippen LogP contribution is -2.13. The lowest BCUT2D eigenvalue weighted by atomic mass is 9.86. The van der Waals surface area contributed by atoms with Crippen LogP contribution in [0.5, 0.6) is 0 Å². The molecule has 1 aromatic carbocycles. The van der Waals surface area contributed by atoms with E-state index in [9.17, 15) is 0 Å². The molecule has 4 nitrogen and oxygen atoms in total. The summed E-state index contributed by atoms with van der Waals surface area (Å²) in [6.45, 7) is 3.74. The molecule has 1 N–H and O–H groups in total. The summed E-state index contributed by atoms with van der Waals surface area (Å²) in [6.07, 6.45) is 0. The van der Waals surface area contributed by atoms with E-state index in [4.69, 9.17) is 22.1 Å². The van der Waals surface area contributed by atoms with Crippen LogP contribution in [-0.4, -0.2) is 4.98 Å². The number of nitrogens with one attached hydrogen (secondary N) is 1. The van der Waals surface area contributed by atoms with Gasteiger partial charge in [0.05, 0.1) is 16.5 Å². The molecule has 0 saturated carbocycles. The molecule has 2 aromatic rings. The van der Waals surface area contributed by atoms with Gasteiger partial charge < -0.3 is 5.32 Å². The second kappa shape index (κ2) is 5.83. The fraction of sp³-hybridized carbons (Fsp3) is 0.188. The van der Waals surface area contributed by atoms with Crippen LogP contribution in [0.15, 0.2) is 36.4 Å². The number of nitrogens with zero attached hydrogens (tertiary/aromatic N) is 3. The molecule has 0 spiro atoms. The summed E-state index contributed by atoms with van der Waals surface area (Å²) in [5.74, 6) is 0.545. The predicted molar refractivity (Wildman–Crippen MR) is 82.3 cm³/mol. The Bertz CT molecular complexity index is 736. The van der Waals surface area contributed by atoms with Crippen LogP contribution in [-0.2, 0) is 5.41 Å². The predicted octanol–water partition coefficient (Wildman–Crippen LogP) is 4.15. The van der Waals surface area contributed by atoms with Crippen LogP contribution in [0.4, 0.5) is 11.5 Å². The van der Waals surface area contributed by atoms with Crippen LogP contribution in [0.2, 0.25) is 5.02 Å². The largest absolute Gasteiger partial charge is 0.340 e. The second-order valence-electron chi connectivity index (χ2n) is 5.08. The van der Waals surface area contributed by atoms with Crippen LogP contribution in [0.1, 0.15) is 25.1 Å². The molecule has 0 amide bonds. The van der Waals surface area contributed by atoms with Crippen molar-refractivity contribution >= 4 is 23.1 Å². The number of nitriles is 2. The maximum absolute atomic E-state index is 9.12. The summed E-state index contributed by atoms with van der Waals surface area (Å²) in [6, 6.07) is 15.1. The summed E-state index contributed by atoms with van der Waals surface area (Å²) >= 11 is 5.84. The zero-order valence-corrected chi connectivity index (χ0v) is 12.4. The lowest BCUT2D eigenvalue weighted by Gasteiger charge is -2.16. The van der Waals surface area contributed by atoms with Crippen LogP contribution in [0.3, 0.4) is 0 Å². The first-order valence-electron chi connectivity index (χ1n) is 6.32. The number of anilines is 2. The van der Waals surface area contributed by atoms with Crippen molar-refractivity contribution in [1.82, 2.24) is 4.98 Å². The SMILES string of the molecule is CC(C)(C#N)c1ccc(Nc2ccc(Cl)c(C#N)n2)cc1. The highest BCUT2D eigenvalue weighted by Gasteiger charge is 2.19. The molecule has 0 unspecified atom stereocenters. The summed E-state index contributed by atoms with van der Waals surface area (Å²) in [4.78, 5) is 4.12. The molecule has 21 heavy (non-hydrogen) atoms. The maximum Gasteiger partial charge on any atom is 0.161 e. The van der Waals surface area contributed by atoms with Gasteiger partial charge in [0.15, 0.2) is 5.69 Å². The number of halogens is 1. The van der Waals surface area contributed by atoms with E-state index in [0.29, 0.717) is 10.8 Å². The van der Waals surface area contributed by atoms with Gasteiger partial charge in [0.25, 0.3) is 0 Å². The third kappa shape index (κ3) is 3.31. The Morgan fingerprint density at radius 3 is 2.33 bits per heavy atom. The molecular formula is C16H13ClN4. The molecule has 2 rings (SSSR count). The average Bonchev–Trinajstić information content (AvgIpc) is 2.49. The van der Waals surface area contributed by atoms with E-state index in [2.05, 4.69) is 16.4 Å². The summed E-state index contributed by atoms with van der Waals surface area (Å²) < 4.78 is 0. The molecule has 104 valence electrons. The van der Waals surface area contributed by atoms with Gasteiger partial charge in [-0.15, -0.1) is 0 Å². The van der Waals surface area contributed by atoms with Crippen molar-refractivity contribution in [2.45, 2.75) is 19.3 Å². The van der Waals surface area contributed by atoms with Crippen molar-refractivity contribution in [2.24, 2.45) is 0 Å². The maximum atomic E-state index is 9.12. The standard InChI is InChI=1S/C16H13ClN4/c1-16(2,10-19)11-3-5-12(6-4-11)20-15-8-7-13(17)14(9-18)21-15/h3-8H,1-2H3,(H,20,21). The topological polar surface area (TPSA) is 72.5 Å². The van der Waals surface area contributed by atoms with Gasteiger partial charge in [-0.3, -0.25) is 0 Å². The molecule has 0 atom stereocenters. The minimum absolute atomic E-state index is 0.184. The number of aromatic nitrogens is 1. The fourth-order valence-corrected chi connectivity index (χ4v) is 1.92. The van der Waals surface area contributed by atoms with Gasteiger partial charge in [0.1, 0.15) is 11.9 Å². The minimum Gasteiger partial charge on any atom is -0.340 e. The first-order valence-corrected chi connectivity index (χ1v) is 6.69. The molecule has 0 aliphatic carbocycles. The summed E-state index contributed by atoms with van der Waals surface area (Å²) in [5, 5.41) is 21.5. The summed E-state index contributed by atoms with van der Waals surface area (Å²) in [5.41, 5.74) is 1.43. The van der Waals surface area contributed by atoms with E-state index in [-0.39, 0.29) is 5.69 Å². The molecule has 0 aliphatic rings. The number of rotatable bonds is 3. The molecule has 1 aromatic heterocycles. The van der Waals surface area contributed by atoms with Gasteiger partial charge in [-0.2, -0.15) is 10.5 Å². The molecule has 0 saturated heterocycles. The zero-order valence-electron chi connectivity index (χ0n) is 11.7. The molecule has 0 aliphatic heterocycles. The minimum atomic E-state index is -0.523. The molecule has 5 heteroatoms. The van der Waals surface area contributed by atoms with E-state index >= 15 is 0 Å². The van der Waals surface area contributed by atoms with Crippen LogP contribution in [0, 0.1) is 22.7 Å². The third-order valence-corrected chi connectivity index (χ3v) is 3.42. The van der Waals surface area contributed by atoms with E-state index in [0.717, 1.165) is 11.3 Å². The average molecular weight is 297 g/mol. The van der Waals surface area contributed by atoms with Gasteiger partial charge in [-0.1, -0.05) is 23.7 Å². The van der Waals surface area contributed by atoms with E-state index in [1.807, 2.05) is 44.2 Å². The van der Waals surface area contributed by atoms with Crippen molar-refractivity contribution in [3.63, 3.8) is 0 Å². The Balaban J connectivity index is 2.22. The molecule has 0 fully saturated rings. The number of benzene rings is 1. The van der Waals surface area contributed by atoms with E-state index in [1.165, 1.54) is 0 Å². The van der Waals surface area contributed by atoms with Crippen molar-refractivity contribution in [1.29, 1.82) is 10.5 Å². The van der Waals surface area contributed by atoms with Crippen molar-refractivity contribution in [2.75, 3.05) is 5.32 Å². The Labute approximate surface area is 128 Å². The quantitative estimate of drug-likeness (QED) is 0.923. The van der Waals surface area contributed by atoms with Crippen molar-refractivity contribution in [3.05, 3.63) is 52.7 Å². The van der Waals surface area contributed by atoms with Gasteiger partial charge in [0, 0.05) is 5.69 Å². The number of hydrogen-bond acceptors (Lipinski definition) is 4. The Morgan fingerprint density at radius 1 is 1.10 bits per heavy atom. The fourth-order valence-electron chi connectivity index (χ4n) is 1.77. The number of hydrogen-bond donors (Lipinski definition) is 1. The molecular weight excluding hydrogens is 284 g/mol. The van der Waals surface area contributed by atoms with Crippen LogP contribution >= 0.6 is 11.6 Å². The van der Waals surface area contributed by atoms with Crippen LogP contribution in [0.25, 0.3) is 0 Å². The van der Waals surface area contributed by atoms with Crippen molar-refractivity contribution < 1.29 is 0 Å². The molecule has 0 radical (unpaired) electrons. The smallest absolute Gasteiger partial charge is 0.161 e. The highest BCUT2D eigenvalue weighted by molar-refractivity contribution is 6.31. The highest BCUT2D eigenvalue weighted by atomic mass is 35.5. The van der Waals surface area contributed by atoms with Gasteiger partial charge >= 0.3 is 0 Å². The Morgan fingerprint density at radius 2 is 1.76 bits per heavy atom. The van der Waals surface area contributed by atoms with Gasteiger partial charge in [-0.05, 0) is 43.7 Å². The monoisotopic (exact) mass is 296 g/mol. The van der Waals surface area contributed by atoms with E-state index in [1.54, 1.807) is 12.1 Å². The lowest BCUT2D eigenvalue weighted by molar-refractivity contribution is 0.687. The molecule has 1 heterocycles. The highest BCUT2D eigenvalue weighted by Crippen LogP contribution is 2.25. The molecule has 0 bridgehead atoms. The van der Waals surface area contributed by atoms with Crippen LogP contribution < -0.4 is 5.32 Å². The normalized spacial score (nSPS) is 10.5. The Hall–Kier alpha value is -2.56. The zero-order chi connectivity index (χ0) is 15.5. The van der Waals surface area contributed by atoms with Gasteiger partial charge in [0.2, 0.25) is 0 Å². The second-order valence-corrected chi connectivity index (χ2v) is 5.49. The third-order valence-electron chi connectivity index (χ3n) is 3.11. The summed E-state index contributed by atoms with van der Waals surface area (Å²) in [7, 11) is 0. The first-order chi connectivity index (χ1) is 9.96. The van der Waals surface area contributed by atoms with E-state index < -0.39 is 5.41 Å².